The molecule has 0 unspecified atom stereocenters. The Morgan fingerprint density at radius 2 is 1.73 bits per heavy atom. The molecule has 0 amide bonds. The van der Waals surface area contributed by atoms with Crippen LogP contribution >= 0.6 is 0 Å². The molecule has 0 aromatic rings. The fourth-order valence-corrected chi connectivity index (χ4v) is 3.11. The first-order chi connectivity index (χ1) is 7.17. The number of carbonyl (C=O) groups excluding carboxylic acids is 1. The first-order valence-electron chi connectivity index (χ1n) is 5.94. The summed E-state index contributed by atoms with van der Waals surface area (Å²) in [4.78, 5) is 11.0. The average Bonchev–Trinajstić information content (AvgIpc) is 2.17. The minimum Gasteiger partial charge on any atom is -0.540 e. The number of hydrogen-bond donors (Lipinski definition) is 0. The average molecular weight is 209 g/mol. The molecule has 2 rings (SSSR count). The van der Waals surface area contributed by atoms with E-state index in [9.17, 15) is 9.90 Å². The molecule has 1 saturated carbocycles. The number of aliphatic carboxylic acids is 1. The summed E-state index contributed by atoms with van der Waals surface area (Å²) in [6.45, 7) is 5.65. The zero-order valence-corrected chi connectivity index (χ0v) is 9.21. The van der Waals surface area contributed by atoms with Gasteiger partial charge in [-0.1, -0.05) is 6.42 Å². The molecule has 1 heterocycles. The van der Waals surface area contributed by atoms with Crippen molar-refractivity contribution in [1.29, 1.82) is 0 Å². The highest BCUT2D eigenvalue weighted by Gasteiger charge is 2.46. The van der Waals surface area contributed by atoms with E-state index in [-0.39, 0.29) is 0 Å². The highest BCUT2D eigenvalue weighted by Crippen LogP contribution is 2.37. The molecule has 3 nitrogen and oxygen atoms in total. The van der Waals surface area contributed by atoms with Gasteiger partial charge in [-0.05, 0) is 32.3 Å². The van der Waals surface area contributed by atoms with E-state index in [0.29, 0.717) is 16.2 Å². The van der Waals surface area contributed by atoms with Gasteiger partial charge in [0, 0.05) is 6.42 Å². The van der Waals surface area contributed by atoms with Crippen LogP contribution in [-0.2, 0) is 4.79 Å². The molecule has 0 aromatic heterocycles. The molecule has 15 heavy (non-hydrogen) atoms. The maximum absolute atomic E-state index is 11.0. The minimum absolute atomic E-state index is 0.313. The van der Waals surface area contributed by atoms with Crippen LogP contribution in [0, 0.1) is 0 Å². The number of carbonyl (C=O) groups is 1. The van der Waals surface area contributed by atoms with E-state index in [1.807, 2.05) is 0 Å². The quantitative estimate of drug-likeness (QED) is 0.509. The van der Waals surface area contributed by atoms with Crippen molar-refractivity contribution in [2.45, 2.75) is 44.6 Å². The molecule has 0 radical (unpaired) electrons. The van der Waals surface area contributed by atoms with Crippen molar-refractivity contribution in [1.82, 2.24) is 0 Å². The van der Waals surface area contributed by atoms with Gasteiger partial charge in [-0.25, -0.2) is 0 Å². The monoisotopic (exact) mass is 209 g/mol. The lowest BCUT2D eigenvalue weighted by atomic mass is 9.88. The van der Waals surface area contributed by atoms with Gasteiger partial charge in [0.2, 0.25) is 0 Å². The normalized spacial score (nSPS) is 25.6. The summed E-state index contributed by atoms with van der Waals surface area (Å²) in [7, 11) is 0. The summed E-state index contributed by atoms with van der Waals surface area (Å²) in [5.74, 6) is -1.06. The molecule has 2 fully saturated rings. The Labute approximate surface area is 91.0 Å². The summed E-state index contributed by atoms with van der Waals surface area (Å²) in [5.41, 5.74) is 0.313. The predicted octanol–water partition coefficient (Wildman–Crippen LogP) is 0.803. The van der Waals surface area contributed by atoms with Gasteiger partial charge in [-0.2, -0.15) is 0 Å². The number of quaternary nitrogens is 1. The van der Waals surface area contributed by atoms with Gasteiger partial charge in [0.1, 0.15) is 11.7 Å². The fraction of sp³-hybridized carbons (Fsp3) is 0.750. The Kier molecular flexibility index (Phi) is 2.83. The Morgan fingerprint density at radius 3 is 2.13 bits per heavy atom. The second-order valence-electron chi connectivity index (χ2n) is 4.86. The molecular weight excluding hydrogens is 190 g/mol. The largest absolute Gasteiger partial charge is 0.540 e. The van der Waals surface area contributed by atoms with E-state index < -0.39 is 5.97 Å². The smallest absolute Gasteiger partial charge is 0.148 e. The summed E-state index contributed by atoms with van der Waals surface area (Å²) in [6, 6.07) is 0.498. The molecule has 0 atom stereocenters. The molecule has 0 bridgehead atoms. The van der Waals surface area contributed by atoms with Gasteiger partial charge in [-0.3, -0.25) is 4.48 Å². The first-order valence-corrected chi connectivity index (χ1v) is 5.94. The molecule has 0 spiro atoms. The van der Waals surface area contributed by atoms with Crippen molar-refractivity contribution in [3.8, 4) is 0 Å². The van der Waals surface area contributed by atoms with Crippen molar-refractivity contribution in [3.63, 3.8) is 0 Å². The molecule has 3 heteroatoms. The van der Waals surface area contributed by atoms with Crippen molar-refractivity contribution in [2.24, 2.45) is 0 Å². The first kappa shape index (κ1) is 10.7. The van der Waals surface area contributed by atoms with Crippen LogP contribution in [0.2, 0.25) is 0 Å². The Bertz CT molecular complexity index is 275. The van der Waals surface area contributed by atoms with Crippen LogP contribution in [-0.4, -0.2) is 29.6 Å². The van der Waals surface area contributed by atoms with Crippen molar-refractivity contribution in [3.05, 3.63) is 12.3 Å². The lowest BCUT2D eigenvalue weighted by molar-refractivity contribution is -0.950. The molecule has 84 valence electrons. The Morgan fingerprint density at radius 1 is 1.13 bits per heavy atom. The van der Waals surface area contributed by atoms with Gasteiger partial charge in [0.25, 0.3) is 0 Å². The van der Waals surface area contributed by atoms with Crippen molar-refractivity contribution in [2.75, 3.05) is 13.1 Å². The van der Waals surface area contributed by atoms with E-state index in [4.69, 9.17) is 0 Å². The molecular formula is C12H19NO2. The lowest BCUT2D eigenvalue weighted by Gasteiger charge is -2.52. The maximum Gasteiger partial charge on any atom is 0.148 e. The number of rotatable bonds is 3. The maximum atomic E-state index is 11.0. The third-order valence-electron chi connectivity index (χ3n) is 4.16. The van der Waals surface area contributed by atoms with Gasteiger partial charge < -0.3 is 9.90 Å². The van der Waals surface area contributed by atoms with Crippen molar-refractivity contribution < 1.29 is 14.4 Å². The zero-order chi connectivity index (χ0) is 10.9. The molecule has 0 N–H and O–H groups in total. The third-order valence-corrected chi connectivity index (χ3v) is 4.16. The number of carboxylic acids is 1. The molecule has 1 aliphatic carbocycles. The van der Waals surface area contributed by atoms with Gasteiger partial charge in [0.15, 0.2) is 0 Å². The zero-order valence-electron chi connectivity index (χ0n) is 9.21. The summed E-state index contributed by atoms with van der Waals surface area (Å²) in [6.07, 6.45) is 7.23. The number of nitrogens with zero attached hydrogens (tertiary/aromatic N) is 1. The fourth-order valence-electron chi connectivity index (χ4n) is 3.11. The second kappa shape index (κ2) is 3.97. The second-order valence-corrected chi connectivity index (χ2v) is 4.86. The molecule has 2 aliphatic rings. The number of carboxylic acid groups (broad SMARTS) is 1. The Balaban J connectivity index is 2.13. The van der Waals surface area contributed by atoms with Crippen LogP contribution in [0.3, 0.4) is 0 Å². The van der Waals surface area contributed by atoms with Crippen LogP contribution in [0.4, 0.5) is 0 Å². The SMILES string of the molecule is C=C(C(=O)[O-])[N+]1(C2CCCCC2)CCC1. The van der Waals surface area contributed by atoms with Gasteiger partial charge in [-0.15, -0.1) is 0 Å². The van der Waals surface area contributed by atoms with E-state index in [2.05, 4.69) is 6.58 Å². The Hall–Kier alpha value is -0.830. The van der Waals surface area contributed by atoms with E-state index in [0.717, 1.165) is 32.4 Å². The van der Waals surface area contributed by atoms with Crippen LogP contribution in [0.25, 0.3) is 0 Å². The predicted molar refractivity (Wildman–Crippen MR) is 55.6 cm³/mol. The summed E-state index contributed by atoms with van der Waals surface area (Å²) >= 11 is 0. The van der Waals surface area contributed by atoms with Crippen LogP contribution in [0.15, 0.2) is 12.3 Å². The highest BCUT2D eigenvalue weighted by atomic mass is 16.4. The number of likely N-dealkylation sites (tertiary alicyclic amines) is 1. The van der Waals surface area contributed by atoms with E-state index in [1.165, 1.54) is 19.3 Å². The lowest BCUT2D eigenvalue weighted by Crippen LogP contribution is -2.65. The minimum atomic E-state index is -1.06. The van der Waals surface area contributed by atoms with Crippen LogP contribution < -0.4 is 5.11 Å². The third kappa shape index (κ3) is 1.69. The van der Waals surface area contributed by atoms with Crippen LogP contribution in [0.5, 0.6) is 0 Å². The summed E-state index contributed by atoms with van der Waals surface area (Å²) < 4.78 is 0.627. The number of hydrogen-bond acceptors (Lipinski definition) is 2. The van der Waals surface area contributed by atoms with Gasteiger partial charge in [0.05, 0.1) is 19.1 Å². The summed E-state index contributed by atoms with van der Waals surface area (Å²) in [5, 5.41) is 11.0. The van der Waals surface area contributed by atoms with E-state index >= 15 is 0 Å². The molecule has 1 aliphatic heterocycles. The standard InChI is InChI=1S/C12H19NO2/c1-10(12(14)15)13(8-5-9-13)11-6-3-2-4-7-11/h11H,1-9H2. The van der Waals surface area contributed by atoms with Gasteiger partial charge >= 0.3 is 0 Å². The van der Waals surface area contributed by atoms with Crippen molar-refractivity contribution >= 4 is 5.97 Å². The molecule has 0 aromatic carbocycles. The highest BCUT2D eigenvalue weighted by molar-refractivity contribution is 5.81. The topological polar surface area (TPSA) is 40.1 Å². The van der Waals surface area contributed by atoms with E-state index in [1.54, 1.807) is 0 Å². The van der Waals surface area contributed by atoms with Crippen LogP contribution in [0.1, 0.15) is 38.5 Å². The molecule has 1 saturated heterocycles.